The first-order valence-electron chi connectivity index (χ1n) is 9.28. The summed E-state index contributed by atoms with van der Waals surface area (Å²) in [5.74, 6) is -0.0391. The van der Waals surface area contributed by atoms with Crippen molar-refractivity contribution in [2.24, 2.45) is 5.10 Å². The number of hydrogen-bond donors (Lipinski definition) is 0. The van der Waals surface area contributed by atoms with Crippen molar-refractivity contribution < 1.29 is 19.1 Å². The van der Waals surface area contributed by atoms with E-state index in [2.05, 4.69) is 21.0 Å². The fourth-order valence-corrected chi connectivity index (χ4v) is 4.19. The molecule has 4 rings (SSSR count). The molecule has 1 aliphatic heterocycles. The molecule has 0 N–H and O–H groups in total. The topological polar surface area (TPSA) is 68.2 Å². The van der Waals surface area contributed by atoms with Gasteiger partial charge in [-0.25, -0.2) is 4.79 Å². The van der Waals surface area contributed by atoms with Crippen molar-refractivity contribution in [2.75, 3.05) is 12.1 Å². The van der Waals surface area contributed by atoms with Gasteiger partial charge in [0.25, 0.3) is 5.91 Å². The van der Waals surface area contributed by atoms with Gasteiger partial charge < -0.3 is 9.47 Å². The zero-order chi connectivity index (χ0) is 22.0. The maximum absolute atomic E-state index is 12.9. The predicted molar refractivity (Wildman–Crippen MR) is 125 cm³/mol. The van der Waals surface area contributed by atoms with Crippen LogP contribution in [-0.2, 0) is 4.79 Å². The predicted octanol–water partition coefficient (Wildman–Crippen LogP) is 5.54. The molecule has 0 aliphatic carbocycles. The van der Waals surface area contributed by atoms with Crippen LogP contribution in [0.5, 0.6) is 11.5 Å². The molecule has 0 radical (unpaired) electrons. The van der Waals surface area contributed by atoms with Gasteiger partial charge in [0.15, 0.2) is 11.5 Å². The zero-order valence-electron chi connectivity index (χ0n) is 16.7. The minimum Gasteiger partial charge on any atom is -0.493 e. The lowest BCUT2D eigenvalue weighted by atomic mass is 10.1. The molecular weight excluding hydrogens is 480 g/mol. The molecule has 0 saturated carbocycles. The third-order valence-electron chi connectivity index (χ3n) is 4.54. The van der Waals surface area contributed by atoms with Gasteiger partial charge in [-0.15, -0.1) is 11.3 Å². The monoisotopic (exact) mass is 496 g/mol. The highest BCUT2D eigenvalue weighted by atomic mass is 79.9. The van der Waals surface area contributed by atoms with E-state index in [0.29, 0.717) is 37.6 Å². The standard InChI is InChI=1S/C23H17BrN2O4S/c1-14-17(22(27)26(25-14)16-7-4-3-5-8-16)11-15-12-18(24)21(19(13-15)29-2)30-23(28)20-9-6-10-31-20/h3-13H,1-2H3. The minimum absolute atomic E-state index is 0.216. The Morgan fingerprint density at radius 1 is 1.16 bits per heavy atom. The number of methoxy groups -OCH3 is 1. The smallest absolute Gasteiger partial charge is 0.353 e. The maximum Gasteiger partial charge on any atom is 0.353 e. The lowest BCUT2D eigenvalue weighted by Gasteiger charge is -2.13. The summed E-state index contributed by atoms with van der Waals surface area (Å²) in [6, 6.07) is 16.2. The number of rotatable bonds is 5. The van der Waals surface area contributed by atoms with E-state index < -0.39 is 5.97 Å². The maximum atomic E-state index is 12.9. The van der Waals surface area contributed by atoms with E-state index in [1.54, 1.807) is 42.6 Å². The average Bonchev–Trinajstić information content (AvgIpc) is 3.40. The van der Waals surface area contributed by atoms with E-state index in [4.69, 9.17) is 9.47 Å². The average molecular weight is 497 g/mol. The lowest BCUT2D eigenvalue weighted by Crippen LogP contribution is -2.21. The van der Waals surface area contributed by atoms with Crippen LogP contribution < -0.4 is 14.5 Å². The van der Waals surface area contributed by atoms with Crippen LogP contribution in [0, 0.1) is 0 Å². The van der Waals surface area contributed by atoms with Crippen LogP contribution in [0.25, 0.3) is 6.08 Å². The molecule has 3 aromatic rings. The number of thiophene rings is 1. The summed E-state index contributed by atoms with van der Waals surface area (Å²) in [4.78, 5) is 25.8. The Morgan fingerprint density at radius 2 is 1.94 bits per heavy atom. The lowest BCUT2D eigenvalue weighted by molar-refractivity contribution is -0.114. The van der Waals surface area contributed by atoms with Crippen LogP contribution in [0.15, 0.2) is 75.1 Å². The van der Waals surface area contributed by atoms with Gasteiger partial charge in [-0.2, -0.15) is 10.1 Å². The molecule has 0 bridgehead atoms. The van der Waals surface area contributed by atoms with Crippen molar-refractivity contribution in [1.82, 2.24) is 0 Å². The Hall–Kier alpha value is -3.23. The van der Waals surface area contributed by atoms with E-state index in [0.717, 1.165) is 0 Å². The molecule has 31 heavy (non-hydrogen) atoms. The summed E-state index contributed by atoms with van der Waals surface area (Å²) >= 11 is 4.75. The van der Waals surface area contributed by atoms with Gasteiger partial charge >= 0.3 is 5.97 Å². The molecule has 0 fully saturated rings. The highest BCUT2D eigenvalue weighted by Crippen LogP contribution is 2.38. The van der Waals surface area contributed by atoms with Gasteiger partial charge in [-0.3, -0.25) is 4.79 Å². The molecule has 1 aromatic heterocycles. The summed E-state index contributed by atoms with van der Waals surface area (Å²) in [5.41, 5.74) is 2.48. The van der Waals surface area contributed by atoms with Crippen LogP contribution in [0.3, 0.4) is 0 Å². The number of amides is 1. The molecule has 0 atom stereocenters. The highest BCUT2D eigenvalue weighted by Gasteiger charge is 2.29. The Morgan fingerprint density at radius 3 is 2.61 bits per heavy atom. The largest absolute Gasteiger partial charge is 0.493 e. The Labute approximate surface area is 191 Å². The van der Waals surface area contributed by atoms with E-state index >= 15 is 0 Å². The van der Waals surface area contributed by atoms with Gasteiger partial charge in [0.05, 0.1) is 28.6 Å². The second kappa shape index (κ2) is 8.87. The number of carbonyl (C=O) groups excluding carboxylic acids is 2. The number of hydrazone groups is 1. The SMILES string of the molecule is COc1cc(C=C2C(=O)N(c3ccccc3)N=C2C)cc(Br)c1OC(=O)c1cccs1. The molecule has 6 nitrogen and oxygen atoms in total. The fraction of sp³-hybridized carbons (Fsp3) is 0.0870. The fourth-order valence-electron chi connectivity index (χ4n) is 3.06. The summed E-state index contributed by atoms with van der Waals surface area (Å²) < 4.78 is 11.5. The Kier molecular flexibility index (Phi) is 6.01. The summed E-state index contributed by atoms with van der Waals surface area (Å²) in [6.45, 7) is 1.79. The Balaban J connectivity index is 1.64. The quantitative estimate of drug-likeness (QED) is 0.264. The molecule has 2 aromatic carbocycles. The van der Waals surface area contributed by atoms with Crippen LogP contribution >= 0.6 is 27.3 Å². The van der Waals surface area contributed by atoms with Crippen molar-refractivity contribution in [1.29, 1.82) is 0 Å². The first kappa shape index (κ1) is 21.0. The van der Waals surface area contributed by atoms with Gasteiger partial charge in [0.2, 0.25) is 0 Å². The molecule has 2 heterocycles. The van der Waals surface area contributed by atoms with Gasteiger partial charge in [-0.05, 0) is 70.2 Å². The normalized spacial score (nSPS) is 14.7. The molecule has 0 unspecified atom stereocenters. The second-order valence-corrected chi connectivity index (χ2v) is 8.40. The number of nitrogens with zero attached hydrogens (tertiary/aromatic N) is 2. The minimum atomic E-state index is -0.465. The molecule has 1 amide bonds. The molecule has 0 spiro atoms. The molecule has 8 heteroatoms. The number of ether oxygens (including phenoxy) is 2. The molecule has 1 aliphatic rings. The van der Waals surface area contributed by atoms with Crippen LogP contribution in [0.2, 0.25) is 0 Å². The van der Waals surface area contributed by atoms with E-state index in [1.807, 2.05) is 30.3 Å². The van der Waals surface area contributed by atoms with Crippen LogP contribution in [0.1, 0.15) is 22.2 Å². The first-order chi connectivity index (χ1) is 15.0. The number of hydrogen-bond acceptors (Lipinski definition) is 6. The number of anilines is 1. The van der Waals surface area contributed by atoms with Crippen molar-refractivity contribution in [2.45, 2.75) is 6.92 Å². The summed E-state index contributed by atoms with van der Waals surface area (Å²) in [5, 5.41) is 7.57. The van der Waals surface area contributed by atoms with Gasteiger partial charge in [-0.1, -0.05) is 24.3 Å². The first-order valence-corrected chi connectivity index (χ1v) is 10.9. The van der Waals surface area contributed by atoms with Crippen molar-refractivity contribution in [3.05, 3.63) is 80.5 Å². The van der Waals surface area contributed by atoms with Crippen LogP contribution in [-0.4, -0.2) is 24.7 Å². The number of para-hydroxylation sites is 1. The van der Waals surface area contributed by atoms with Crippen molar-refractivity contribution in [3.8, 4) is 11.5 Å². The number of esters is 1. The van der Waals surface area contributed by atoms with Gasteiger partial charge in [0, 0.05) is 0 Å². The second-order valence-electron chi connectivity index (χ2n) is 6.60. The number of benzene rings is 2. The highest BCUT2D eigenvalue weighted by molar-refractivity contribution is 9.10. The summed E-state index contributed by atoms with van der Waals surface area (Å²) in [6.07, 6.45) is 1.74. The molecular formula is C23H17BrN2O4S. The number of carbonyl (C=O) groups is 2. The zero-order valence-corrected chi connectivity index (χ0v) is 19.1. The molecule has 0 saturated heterocycles. The van der Waals surface area contributed by atoms with Crippen molar-refractivity contribution in [3.63, 3.8) is 0 Å². The Bertz CT molecular complexity index is 1200. The van der Waals surface area contributed by atoms with Crippen LogP contribution in [0.4, 0.5) is 5.69 Å². The van der Waals surface area contributed by atoms with Gasteiger partial charge in [0.1, 0.15) is 4.88 Å². The van der Waals surface area contributed by atoms with E-state index in [-0.39, 0.29) is 11.7 Å². The third kappa shape index (κ3) is 4.30. The van der Waals surface area contributed by atoms with E-state index in [9.17, 15) is 9.59 Å². The summed E-state index contributed by atoms with van der Waals surface area (Å²) in [7, 11) is 1.49. The molecule has 156 valence electrons. The number of halogens is 1. The van der Waals surface area contributed by atoms with Crippen molar-refractivity contribution >= 4 is 56.6 Å². The van der Waals surface area contributed by atoms with E-state index in [1.165, 1.54) is 23.5 Å². The third-order valence-corrected chi connectivity index (χ3v) is 5.98.